The molecule has 1 unspecified atom stereocenters. The van der Waals surface area contributed by atoms with Gasteiger partial charge >= 0.3 is 5.97 Å². The first-order valence-corrected chi connectivity index (χ1v) is 6.36. The number of carboxylic acid groups (broad SMARTS) is 1. The number of carbonyl (C=O) groups is 1. The van der Waals surface area contributed by atoms with E-state index in [4.69, 9.17) is 15.6 Å². The van der Waals surface area contributed by atoms with Crippen molar-refractivity contribution in [3.63, 3.8) is 0 Å². The third kappa shape index (κ3) is 2.93. The van der Waals surface area contributed by atoms with Crippen molar-refractivity contribution in [1.29, 1.82) is 0 Å². The third-order valence-corrected chi connectivity index (χ3v) is 3.82. The van der Waals surface area contributed by atoms with Gasteiger partial charge in [-0.1, -0.05) is 18.2 Å². The second-order valence-electron chi connectivity index (χ2n) is 5.02. The summed E-state index contributed by atoms with van der Waals surface area (Å²) in [5.41, 5.74) is 5.67. The zero-order valence-corrected chi connectivity index (χ0v) is 10.6. The summed E-state index contributed by atoms with van der Waals surface area (Å²) in [4.78, 5) is 11.0. The Morgan fingerprint density at radius 2 is 2.05 bits per heavy atom. The molecule has 1 aliphatic rings. The van der Waals surface area contributed by atoms with Crippen LogP contribution in [-0.4, -0.2) is 30.3 Å². The molecule has 1 atom stereocenters. The van der Waals surface area contributed by atoms with Crippen molar-refractivity contribution in [3.8, 4) is 0 Å². The van der Waals surface area contributed by atoms with E-state index in [0.29, 0.717) is 31.6 Å². The molecule has 0 saturated carbocycles. The fourth-order valence-corrected chi connectivity index (χ4v) is 2.75. The van der Waals surface area contributed by atoms with Crippen LogP contribution in [0, 0.1) is 5.82 Å². The van der Waals surface area contributed by atoms with E-state index in [1.807, 2.05) is 0 Å². The number of halogens is 1. The van der Waals surface area contributed by atoms with Gasteiger partial charge < -0.3 is 15.6 Å². The molecule has 0 spiro atoms. The average molecular weight is 267 g/mol. The predicted octanol–water partition coefficient (Wildman–Crippen LogP) is 1.68. The molecule has 0 aromatic heterocycles. The van der Waals surface area contributed by atoms with Crippen LogP contribution in [0.15, 0.2) is 24.3 Å². The van der Waals surface area contributed by atoms with E-state index in [0.717, 1.165) is 0 Å². The zero-order valence-electron chi connectivity index (χ0n) is 10.6. The first-order chi connectivity index (χ1) is 9.05. The molecule has 1 aromatic carbocycles. The van der Waals surface area contributed by atoms with Crippen molar-refractivity contribution < 1.29 is 19.0 Å². The van der Waals surface area contributed by atoms with Crippen LogP contribution in [-0.2, 0) is 14.9 Å². The molecule has 0 bridgehead atoms. The number of ether oxygens (including phenoxy) is 1. The van der Waals surface area contributed by atoms with Gasteiger partial charge in [-0.05, 0) is 30.9 Å². The van der Waals surface area contributed by atoms with Crippen molar-refractivity contribution in [3.05, 3.63) is 35.6 Å². The van der Waals surface area contributed by atoms with Crippen LogP contribution in [0.25, 0.3) is 0 Å². The molecule has 0 radical (unpaired) electrons. The van der Waals surface area contributed by atoms with E-state index < -0.39 is 17.4 Å². The summed E-state index contributed by atoms with van der Waals surface area (Å²) in [5, 5.41) is 8.99. The summed E-state index contributed by atoms with van der Waals surface area (Å²) in [5.74, 6) is -1.36. The minimum Gasteiger partial charge on any atom is -0.480 e. The Kier molecular flexibility index (Phi) is 4.17. The molecule has 1 fully saturated rings. The van der Waals surface area contributed by atoms with Gasteiger partial charge in [0.15, 0.2) is 0 Å². The maximum absolute atomic E-state index is 14.0. The van der Waals surface area contributed by atoms with Crippen molar-refractivity contribution >= 4 is 5.97 Å². The highest BCUT2D eigenvalue weighted by molar-refractivity contribution is 5.73. The van der Waals surface area contributed by atoms with Gasteiger partial charge in [-0.25, -0.2) is 4.39 Å². The molecule has 0 amide bonds. The molecule has 1 aliphatic heterocycles. The topological polar surface area (TPSA) is 72.5 Å². The lowest BCUT2D eigenvalue weighted by Crippen LogP contribution is -2.43. The number of hydrogen-bond donors (Lipinski definition) is 2. The summed E-state index contributed by atoms with van der Waals surface area (Å²) in [6.07, 6.45) is 1.41. The minimum atomic E-state index is -1.05. The van der Waals surface area contributed by atoms with Crippen LogP contribution >= 0.6 is 0 Å². The fraction of sp³-hybridized carbons (Fsp3) is 0.500. The molecule has 1 saturated heterocycles. The monoisotopic (exact) mass is 267 g/mol. The van der Waals surface area contributed by atoms with Crippen LogP contribution < -0.4 is 5.73 Å². The van der Waals surface area contributed by atoms with Crippen molar-refractivity contribution in [2.45, 2.75) is 30.7 Å². The lowest BCUT2D eigenvalue weighted by molar-refractivity contribution is -0.139. The van der Waals surface area contributed by atoms with Crippen LogP contribution in [0.3, 0.4) is 0 Å². The summed E-state index contributed by atoms with van der Waals surface area (Å²) in [6.45, 7) is 1.00. The Morgan fingerprint density at radius 3 is 2.63 bits per heavy atom. The van der Waals surface area contributed by atoms with Crippen molar-refractivity contribution in [2.24, 2.45) is 5.73 Å². The lowest BCUT2D eigenvalue weighted by atomic mass is 9.70. The highest BCUT2D eigenvalue weighted by Gasteiger charge is 2.39. The Bertz CT molecular complexity index is 458. The van der Waals surface area contributed by atoms with Gasteiger partial charge in [0.2, 0.25) is 0 Å². The summed E-state index contributed by atoms with van der Waals surface area (Å²) in [7, 11) is 0. The highest BCUT2D eigenvalue weighted by atomic mass is 19.1. The van der Waals surface area contributed by atoms with Gasteiger partial charge in [0, 0.05) is 18.6 Å². The molecule has 2 rings (SSSR count). The van der Waals surface area contributed by atoms with Crippen molar-refractivity contribution in [2.75, 3.05) is 13.2 Å². The number of nitrogens with two attached hydrogens (primary N) is 1. The van der Waals surface area contributed by atoms with Gasteiger partial charge in [0.25, 0.3) is 0 Å². The maximum Gasteiger partial charge on any atom is 0.320 e. The molecule has 1 heterocycles. The van der Waals surface area contributed by atoms with Gasteiger partial charge in [-0.3, -0.25) is 4.79 Å². The number of hydrogen-bond acceptors (Lipinski definition) is 3. The average Bonchev–Trinajstić information content (AvgIpc) is 2.40. The quantitative estimate of drug-likeness (QED) is 0.870. The molecular weight excluding hydrogens is 249 g/mol. The second kappa shape index (κ2) is 5.67. The van der Waals surface area contributed by atoms with Gasteiger partial charge in [-0.2, -0.15) is 0 Å². The molecule has 104 valence electrons. The standard InChI is InChI=1S/C14H18FNO3/c15-11-4-2-1-3-10(11)14(5-7-19-8-6-14)9-12(16)13(17)18/h1-4,12H,5-9,16H2,(H,17,18). The first-order valence-electron chi connectivity index (χ1n) is 6.36. The Morgan fingerprint density at radius 1 is 1.42 bits per heavy atom. The lowest BCUT2D eigenvalue weighted by Gasteiger charge is -2.39. The number of carboxylic acids is 1. The zero-order chi connectivity index (χ0) is 13.9. The van der Waals surface area contributed by atoms with Crippen LogP contribution in [0.2, 0.25) is 0 Å². The van der Waals surface area contributed by atoms with E-state index in [1.54, 1.807) is 18.2 Å². The molecule has 19 heavy (non-hydrogen) atoms. The van der Waals surface area contributed by atoms with E-state index in [1.165, 1.54) is 6.07 Å². The number of benzene rings is 1. The van der Waals surface area contributed by atoms with E-state index in [2.05, 4.69) is 0 Å². The maximum atomic E-state index is 14.0. The van der Waals surface area contributed by atoms with Crippen LogP contribution in [0.5, 0.6) is 0 Å². The Hall–Kier alpha value is -1.46. The largest absolute Gasteiger partial charge is 0.480 e. The van der Waals surface area contributed by atoms with Gasteiger partial charge in [0.1, 0.15) is 11.9 Å². The van der Waals surface area contributed by atoms with E-state index in [9.17, 15) is 9.18 Å². The molecule has 3 N–H and O–H groups in total. The highest BCUT2D eigenvalue weighted by Crippen LogP contribution is 2.39. The Labute approximate surface area is 111 Å². The Balaban J connectivity index is 2.34. The van der Waals surface area contributed by atoms with E-state index in [-0.39, 0.29) is 12.2 Å². The summed E-state index contributed by atoms with van der Waals surface area (Å²) in [6, 6.07) is 5.52. The first kappa shape index (κ1) is 14.0. The smallest absolute Gasteiger partial charge is 0.320 e. The normalized spacial score (nSPS) is 19.9. The molecule has 4 nitrogen and oxygen atoms in total. The number of aliphatic carboxylic acids is 1. The number of rotatable bonds is 4. The third-order valence-electron chi connectivity index (χ3n) is 3.82. The summed E-state index contributed by atoms with van der Waals surface area (Å²) >= 11 is 0. The molecule has 1 aromatic rings. The molecule has 5 heteroatoms. The van der Waals surface area contributed by atoms with E-state index >= 15 is 0 Å². The fourth-order valence-electron chi connectivity index (χ4n) is 2.75. The van der Waals surface area contributed by atoms with Crippen molar-refractivity contribution in [1.82, 2.24) is 0 Å². The predicted molar refractivity (Wildman–Crippen MR) is 68.4 cm³/mol. The van der Waals surface area contributed by atoms with Crippen LogP contribution in [0.1, 0.15) is 24.8 Å². The molecule has 0 aliphatic carbocycles. The minimum absolute atomic E-state index is 0.229. The van der Waals surface area contributed by atoms with Gasteiger partial charge in [-0.15, -0.1) is 0 Å². The summed E-state index contributed by atoms with van der Waals surface area (Å²) < 4.78 is 19.4. The molecular formula is C14H18FNO3. The van der Waals surface area contributed by atoms with Gasteiger partial charge in [0.05, 0.1) is 0 Å². The second-order valence-corrected chi connectivity index (χ2v) is 5.02. The SMILES string of the molecule is NC(CC1(c2ccccc2F)CCOCC1)C(=O)O. The van der Waals surface area contributed by atoms with Crippen LogP contribution in [0.4, 0.5) is 4.39 Å².